The summed E-state index contributed by atoms with van der Waals surface area (Å²) in [6, 6.07) is 35.2. The second-order valence-electron chi connectivity index (χ2n) is 13.4. The minimum Gasteiger partial charge on any atom is -0.184 e. The van der Waals surface area contributed by atoms with Crippen molar-refractivity contribution in [1.82, 2.24) is 0 Å². The van der Waals surface area contributed by atoms with Crippen molar-refractivity contribution in [1.29, 1.82) is 0 Å². The summed E-state index contributed by atoms with van der Waals surface area (Å²) in [7, 11) is 7.91. The van der Waals surface area contributed by atoms with E-state index in [1.165, 1.54) is 67.4 Å². The normalized spacial score (nSPS) is 12.0. The Bertz CT molecular complexity index is 1620. The van der Waals surface area contributed by atoms with Gasteiger partial charge in [-0.05, 0) is 18.9 Å². The Morgan fingerprint density at radius 1 is 0.814 bits per heavy atom. The third-order valence-corrected chi connectivity index (χ3v) is 13.4. The van der Waals surface area contributed by atoms with E-state index in [0.29, 0.717) is 0 Å². The second kappa shape index (κ2) is 14.8. The molecular weight excluding hydrogens is 691 g/mol. The Morgan fingerprint density at radius 2 is 1.44 bits per heavy atom. The van der Waals surface area contributed by atoms with Crippen LogP contribution in [0, 0.1) is 13.0 Å². The van der Waals surface area contributed by atoms with Gasteiger partial charge in [0.2, 0.25) is 0 Å². The van der Waals surface area contributed by atoms with Gasteiger partial charge in [-0.3, -0.25) is 0 Å². The standard InChI is InChI=1S/C25H35Si2.C12H7Si.2ClH.Zr/c1-9-10-19-13-20-12-11-18(2)25(24(20)14-19)21-15-22(26(3,4)5)17-23(16-21)27(6,7)8;1-3-7-11-9(5-1)10-6-2-4-8-12(10)13-11;;;/h11-17H,9-10H2,1-8H3;1-7H;2*1H;/q2*-1;;;+4/p-2. The van der Waals surface area contributed by atoms with E-state index in [1.54, 1.807) is 10.4 Å². The van der Waals surface area contributed by atoms with Gasteiger partial charge in [0, 0.05) is 0 Å². The molecule has 2 radical (unpaired) electrons. The summed E-state index contributed by atoms with van der Waals surface area (Å²) in [6.07, 6.45) is 2.37. The molecule has 0 N–H and O–H groups in total. The van der Waals surface area contributed by atoms with Crippen molar-refractivity contribution in [3.63, 3.8) is 0 Å². The molecule has 0 atom stereocenters. The van der Waals surface area contributed by atoms with Crippen LogP contribution in [0.25, 0.3) is 33.0 Å². The van der Waals surface area contributed by atoms with Gasteiger partial charge in [0.05, 0.1) is 25.7 Å². The Balaban J connectivity index is 0.000000217. The van der Waals surface area contributed by atoms with Crippen LogP contribution in [0.1, 0.15) is 24.5 Å². The third kappa shape index (κ3) is 8.45. The Kier molecular flexibility index (Phi) is 11.9. The average Bonchev–Trinajstić information content (AvgIpc) is 3.54. The monoisotopic (exact) mass is 730 g/mol. The quantitative estimate of drug-likeness (QED) is 0.123. The number of fused-ring (bicyclic) bond motifs is 4. The molecular formula is C37H42Cl2Si3Zr. The molecule has 220 valence electrons. The minimum absolute atomic E-state index is 0.795. The fraction of sp³-hybridized carbons (Fsp3) is 0.270. The van der Waals surface area contributed by atoms with Gasteiger partial charge in [0.15, 0.2) is 0 Å². The number of rotatable bonds is 5. The summed E-state index contributed by atoms with van der Waals surface area (Å²) in [5, 5.41) is 8.84. The van der Waals surface area contributed by atoms with Gasteiger partial charge in [-0.25, -0.2) is 0 Å². The summed E-state index contributed by atoms with van der Waals surface area (Å²) in [5.41, 5.74) is 8.53. The van der Waals surface area contributed by atoms with Crippen molar-refractivity contribution < 1.29 is 20.8 Å². The average molecular weight is 733 g/mol. The van der Waals surface area contributed by atoms with Crippen LogP contribution in [0.4, 0.5) is 0 Å². The summed E-state index contributed by atoms with van der Waals surface area (Å²) >= 11 is -0.826. The van der Waals surface area contributed by atoms with E-state index < -0.39 is 37.0 Å². The molecule has 0 unspecified atom stereocenters. The molecule has 0 bridgehead atoms. The first-order valence-electron chi connectivity index (χ1n) is 15.1. The molecule has 5 aromatic rings. The van der Waals surface area contributed by atoms with Crippen molar-refractivity contribution in [2.75, 3.05) is 0 Å². The fourth-order valence-electron chi connectivity index (χ4n) is 5.63. The van der Waals surface area contributed by atoms with Crippen molar-refractivity contribution in [3.8, 4) is 22.3 Å². The third-order valence-electron chi connectivity index (χ3n) is 7.98. The molecule has 1 heterocycles. The van der Waals surface area contributed by atoms with E-state index >= 15 is 0 Å². The van der Waals surface area contributed by atoms with Crippen LogP contribution in [-0.4, -0.2) is 25.7 Å². The van der Waals surface area contributed by atoms with E-state index in [0.717, 1.165) is 9.52 Å². The molecule has 0 aliphatic carbocycles. The van der Waals surface area contributed by atoms with Crippen LogP contribution < -0.4 is 20.7 Å². The van der Waals surface area contributed by atoms with Crippen LogP contribution in [-0.2, 0) is 27.3 Å². The summed E-state index contributed by atoms with van der Waals surface area (Å²) < 4.78 is 0. The maximum atomic E-state index is 4.93. The number of aryl methyl sites for hydroxylation is 2. The smallest absolute Gasteiger partial charge is 0.0920 e. The zero-order valence-corrected chi connectivity index (χ0v) is 33.7. The van der Waals surface area contributed by atoms with E-state index in [-0.39, 0.29) is 0 Å². The van der Waals surface area contributed by atoms with Crippen molar-refractivity contribution >= 4 is 74.2 Å². The first-order valence-corrected chi connectivity index (χ1v) is 29.4. The second-order valence-corrected chi connectivity index (χ2v) is 28.5. The predicted molar refractivity (Wildman–Crippen MR) is 197 cm³/mol. The molecule has 43 heavy (non-hydrogen) atoms. The molecule has 5 aromatic carbocycles. The fourth-order valence-corrected chi connectivity index (χ4v) is 9.44. The maximum absolute atomic E-state index is 4.93. The molecule has 0 aromatic heterocycles. The molecule has 1 aliphatic rings. The van der Waals surface area contributed by atoms with Crippen LogP contribution in [0.5, 0.6) is 0 Å². The van der Waals surface area contributed by atoms with E-state index in [2.05, 4.69) is 138 Å². The van der Waals surface area contributed by atoms with Gasteiger partial charge >= 0.3 is 37.9 Å². The molecule has 0 fully saturated rings. The Labute approximate surface area is 283 Å². The molecule has 0 saturated heterocycles. The van der Waals surface area contributed by atoms with Gasteiger partial charge in [-0.1, -0.05) is 127 Å². The van der Waals surface area contributed by atoms with Crippen molar-refractivity contribution in [2.24, 2.45) is 0 Å². The number of hydrogen-bond acceptors (Lipinski definition) is 0. The zero-order valence-electron chi connectivity index (χ0n) is 26.8. The van der Waals surface area contributed by atoms with Crippen molar-refractivity contribution in [2.45, 2.75) is 66.0 Å². The summed E-state index contributed by atoms with van der Waals surface area (Å²) in [6.45, 7) is 19.3. The van der Waals surface area contributed by atoms with Crippen LogP contribution in [0.15, 0.2) is 84.9 Å². The van der Waals surface area contributed by atoms with E-state index in [9.17, 15) is 0 Å². The van der Waals surface area contributed by atoms with Crippen molar-refractivity contribution in [3.05, 3.63) is 102 Å². The molecule has 0 amide bonds. The minimum atomic E-state index is -1.38. The molecule has 6 heteroatoms. The number of benzene rings is 4. The van der Waals surface area contributed by atoms with E-state index in [1.807, 2.05) is 6.07 Å². The molecule has 0 saturated carbocycles. The molecule has 0 nitrogen and oxygen atoms in total. The van der Waals surface area contributed by atoms with Gasteiger partial charge in [-0.15, -0.1) is 40.1 Å². The first kappa shape index (κ1) is 34.5. The molecule has 6 rings (SSSR count). The van der Waals surface area contributed by atoms with Crippen LogP contribution >= 0.6 is 17.0 Å². The van der Waals surface area contributed by atoms with Gasteiger partial charge in [0.1, 0.15) is 0 Å². The van der Waals surface area contributed by atoms with Gasteiger partial charge in [0.25, 0.3) is 0 Å². The Hall–Kier alpha value is -1.40. The Morgan fingerprint density at radius 3 is 2.07 bits per heavy atom. The molecule has 1 aliphatic heterocycles. The zero-order chi connectivity index (χ0) is 31.4. The predicted octanol–water partition coefficient (Wildman–Crippen LogP) is 9.08. The largest absolute Gasteiger partial charge is 0.184 e. The SMILES string of the molecule is CCCc1cc2c(-c3cc([Si](C)(C)C)cc([Si](C)(C)C)c3)c(C)ccc2[cH-]1.[Cl][Zr+2][Cl].[c-]1cccc2c1[Si]c1ccccc1-2. The van der Waals surface area contributed by atoms with Crippen LogP contribution in [0.2, 0.25) is 39.3 Å². The maximum Gasteiger partial charge on any atom is 0.0920 e. The number of hydrogen-bond donors (Lipinski definition) is 0. The van der Waals surface area contributed by atoms with E-state index in [4.69, 9.17) is 17.0 Å². The molecule has 0 spiro atoms. The van der Waals surface area contributed by atoms with Crippen LogP contribution in [0.3, 0.4) is 0 Å². The van der Waals surface area contributed by atoms with Gasteiger partial charge in [-0.2, -0.15) is 35.5 Å². The summed E-state index contributed by atoms with van der Waals surface area (Å²) in [5.74, 6) is 0. The first-order chi connectivity index (χ1) is 20.4. The summed E-state index contributed by atoms with van der Waals surface area (Å²) in [4.78, 5) is 0. The van der Waals surface area contributed by atoms with Gasteiger partial charge < -0.3 is 0 Å². The topological polar surface area (TPSA) is 0 Å². The number of halogens is 2.